The summed E-state index contributed by atoms with van der Waals surface area (Å²) in [6.45, 7) is 11.8. The van der Waals surface area contributed by atoms with Crippen LogP contribution >= 0.6 is 0 Å². The summed E-state index contributed by atoms with van der Waals surface area (Å²) in [4.78, 5) is 26.7. The highest BCUT2D eigenvalue weighted by Crippen LogP contribution is 2.78. The molecule has 7 aliphatic rings. The van der Waals surface area contributed by atoms with Crippen molar-refractivity contribution in [1.29, 1.82) is 0 Å². The van der Waals surface area contributed by atoms with Crippen LogP contribution in [-0.2, 0) is 23.8 Å². The third kappa shape index (κ3) is 1.60. The van der Waals surface area contributed by atoms with E-state index < -0.39 is 45.9 Å². The van der Waals surface area contributed by atoms with Crippen molar-refractivity contribution in [1.82, 2.24) is 0 Å². The second-order valence-electron chi connectivity index (χ2n) is 10.9. The van der Waals surface area contributed by atoms with Gasteiger partial charge in [-0.15, -0.1) is 0 Å². The van der Waals surface area contributed by atoms with E-state index in [2.05, 4.69) is 6.58 Å². The number of allylic oxidation sites excluding steroid dienone is 1. The minimum absolute atomic E-state index is 0.0103. The van der Waals surface area contributed by atoms with Gasteiger partial charge in [0.2, 0.25) is 5.79 Å². The molecular formula is C23H28O6. The Morgan fingerprint density at radius 2 is 1.90 bits per heavy atom. The van der Waals surface area contributed by atoms with Crippen LogP contribution in [0.25, 0.3) is 0 Å². The van der Waals surface area contributed by atoms with Crippen molar-refractivity contribution in [3.8, 4) is 0 Å². The monoisotopic (exact) mass is 400 g/mol. The maximum atomic E-state index is 13.9. The van der Waals surface area contributed by atoms with Gasteiger partial charge in [-0.3, -0.25) is 9.59 Å². The molecule has 0 unspecified atom stereocenters. The van der Waals surface area contributed by atoms with Crippen LogP contribution in [0, 0.1) is 34.0 Å². The fourth-order valence-corrected chi connectivity index (χ4v) is 8.19. The van der Waals surface area contributed by atoms with Gasteiger partial charge >= 0.3 is 0 Å². The van der Waals surface area contributed by atoms with Gasteiger partial charge in [-0.1, -0.05) is 26.5 Å². The third-order valence-electron chi connectivity index (χ3n) is 9.06. The van der Waals surface area contributed by atoms with Crippen LogP contribution in [0.3, 0.4) is 0 Å². The Hall–Kier alpha value is -1.34. The van der Waals surface area contributed by atoms with E-state index in [1.165, 1.54) is 0 Å². The van der Waals surface area contributed by atoms with Crippen LogP contribution in [0.5, 0.6) is 0 Å². The van der Waals surface area contributed by atoms with Gasteiger partial charge in [-0.05, 0) is 44.3 Å². The molecule has 0 amide bonds. The van der Waals surface area contributed by atoms with Crippen LogP contribution in [0.2, 0.25) is 0 Å². The first kappa shape index (κ1) is 18.4. The summed E-state index contributed by atoms with van der Waals surface area (Å²) in [6.07, 6.45) is 3.58. The average molecular weight is 400 g/mol. The van der Waals surface area contributed by atoms with E-state index in [9.17, 15) is 14.7 Å². The minimum atomic E-state index is -1.53. The fourth-order valence-electron chi connectivity index (χ4n) is 8.19. The lowest BCUT2D eigenvalue weighted by Crippen LogP contribution is -2.87. The summed E-state index contributed by atoms with van der Waals surface area (Å²) in [5.74, 6) is -3.29. The molecule has 6 heteroatoms. The molecule has 0 radical (unpaired) electrons. The first-order valence-electron chi connectivity index (χ1n) is 10.6. The molecule has 6 fully saturated rings. The number of rotatable bonds is 0. The number of carbonyl (C=O) groups excluding carboxylic acids is 2. The quantitative estimate of drug-likeness (QED) is 0.628. The zero-order valence-electron chi connectivity index (χ0n) is 17.4. The Balaban J connectivity index is 1.69. The smallest absolute Gasteiger partial charge is 0.213 e. The van der Waals surface area contributed by atoms with Crippen molar-refractivity contribution in [3.63, 3.8) is 0 Å². The largest absolute Gasteiger partial charge is 0.387 e. The van der Waals surface area contributed by atoms with E-state index in [0.29, 0.717) is 12.2 Å². The molecule has 156 valence electrons. The normalized spacial score (nSPS) is 55.6. The lowest BCUT2D eigenvalue weighted by atomic mass is 9.37. The highest BCUT2D eigenvalue weighted by Gasteiger charge is 2.89. The second kappa shape index (κ2) is 4.77. The number of hydrogen-bond donors (Lipinski definition) is 1. The molecule has 0 aromatic carbocycles. The zero-order chi connectivity index (χ0) is 20.8. The summed E-state index contributed by atoms with van der Waals surface area (Å²) in [5, 5.41) is 11.9. The molecule has 0 aromatic rings. The molecule has 4 bridgehead atoms. The van der Waals surface area contributed by atoms with Gasteiger partial charge in [0.1, 0.15) is 11.5 Å². The number of ketones is 2. The Morgan fingerprint density at radius 1 is 1.17 bits per heavy atom. The average Bonchev–Trinajstić information content (AvgIpc) is 2.75. The molecular weight excluding hydrogens is 372 g/mol. The Morgan fingerprint density at radius 3 is 2.62 bits per heavy atom. The van der Waals surface area contributed by atoms with Gasteiger partial charge in [0.25, 0.3) is 0 Å². The number of ether oxygens (including phenoxy) is 3. The molecule has 7 rings (SSSR count). The number of fused-ring (bicyclic) bond motifs is 1. The maximum Gasteiger partial charge on any atom is 0.213 e. The van der Waals surface area contributed by atoms with Gasteiger partial charge in [-0.25, -0.2) is 0 Å². The van der Waals surface area contributed by atoms with E-state index in [-0.39, 0.29) is 23.4 Å². The van der Waals surface area contributed by atoms with E-state index >= 15 is 0 Å². The minimum Gasteiger partial charge on any atom is -0.387 e. The fraction of sp³-hybridized carbons (Fsp3) is 0.739. The van der Waals surface area contributed by atoms with Crippen LogP contribution < -0.4 is 0 Å². The van der Waals surface area contributed by atoms with Gasteiger partial charge in [0, 0.05) is 22.7 Å². The highest BCUT2D eigenvalue weighted by molar-refractivity contribution is 6.05. The van der Waals surface area contributed by atoms with Gasteiger partial charge in [0.05, 0.1) is 12.7 Å². The van der Waals surface area contributed by atoms with E-state index in [1.54, 1.807) is 19.9 Å². The molecule has 3 spiro atoms. The van der Waals surface area contributed by atoms with Crippen molar-refractivity contribution in [2.45, 2.75) is 64.3 Å². The SMILES string of the molecule is C=C1C(=O)[C@@]23[C@@H]4OC(C)(C)O[C@@]25OC[C@]2(C=CC(=O)C(C)(C)[C@H]2[C@@H]5O)[C@@H]3CC[C@@H]14. The Kier molecular flexibility index (Phi) is 3.03. The molecule has 29 heavy (non-hydrogen) atoms. The first-order chi connectivity index (χ1) is 13.5. The van der Waals surface area contributed by atoms with Crippen molar-refractivity contribution in [2.75, 3.05) is 6.61 Å². The molecule has 3 saturated carbocycles. The van der Waals surface area contributed by atoms with Crippen LogP contribution in [0.4, 0.5) is 0 Å². The van der Waals surface area contributed by atoms with Gasteiger partial charge in [-0.2, -0.15) is 0 Å². The van der Waals surface area contributed by atoms with E-state index in [4.69, 9.17) is 14.2 Å². The van der Waals surface area contributed by atoms with Crippen molar-refractivity contribution in [3.05, 3.63) is 24.3 Å². The van der Waals surface area contributed by atoms with Crippen molar-refractivity contribution < 1.29 is 28.9 Å². The third-order valence-corrected chi connectivity index (χ3v) is 9.06. The van der Waals surface area contributed by atoms with Gasteiger partial charge in [0.15, 0.2) is 17.4 Å². The molecule has 4 aliphatic carbocycles. The maximum absolute atomic E-state index is 13.9. The molecule has 6 nitrogen and oxygen atoms in total. The van der Waals surface area contributed by atoms with Crippen LogP contribution in [0.15, 0.2) is 24.3 Å². The van der Waals surface area contributed by atoms with Gasteiger partial charge < -0.3 is 19.3 Å². The Labute approximate surface area is 170 Å². The summed E-state index contributed by atoms with van der Waals surface area (Å²) in [6, 6.07) is 0. The molecule has 3 saturated heterocycles. The molecule has 1 N–H and O–H groups in total. The predicted octanol–water partition coefficient (Wildman–Crippen LogP) is 2.16. The lowest BCUT2D eigenvalue weighted by Gasteiger charge is -2.75. The van der Waals surface area contributed by atoms with E-state index in [1.807, 2.05) is 19.9 Å². The highest BCUT2D eigenvalue weighted by atomic mass is 16.8. The summed E-state index contributed by atoms with van der Waals surface area (Å²) < 4.78 is 19.2. The second-order valence-corrected chi connectivity index (χ2v) is 10.9. The van der Waals surface area contributed by atoms with E-state index in [0.717, 1.165) is 12.8 Å². The summed E-state index contributed by atoms with van der Waals surface area (Å²) in [5.41, 5.74) is -1.97. The molecule has 8 atom stereocenters. The predicted molar refractivity (Wildman–Crippen MR) is 101 cm³/mol. The number of carbonyl (C=O) groups is 2. The van der Waals surface area contributed by atoms with Crippen LogP contribution in [0.1, 0.15) is 40.5 Å². The topological polar surface area (TPSA) is 82.1 Å². The van der Waals surface area contributed by atoms with Crippen molar-refractivity contribution >= 4 is 11.6 Å². The van der Waals surface area contributed by atoms with Crippen molar-refractivity contribution in [2.24, 2.45) is 34.0 Å². The molecule has 3 heterocycles. The standard InChI is InChI=1S/C23H28O6/c1-11-12-6-7-13-21-9-8-14(24)19(2,3)15(21)17(26)23(27-10-21)22(13,16(11)25)18(12)28-20(4,5)29-23/h8-9,12-13,15,17-18,26H,1,6-7,10H2,2-5H3/t12-,13-,15+,17-,18+,21+,22-,23+/m0/s1. The number of aliphatic hydroxyl groups excluding tert-OH is 1. The summed E-state index contributed by atoms with van der Waals surface area (Å²) in [7, 11) is 0. The van der Waals surface area contributed by atoms with Crippen LogP contribution in [-0.4, -0.2) is 47.1 Å². The zero-order valence-corrected chi connectivity index (χ0v) is 17.4. The Bertz CT molecular complexity index is 916. The number of Topliss-reactive ketones (excluding diaryl/α,β-unsaturated/α-hetero) is 1. The lowest BCUT2D eigenvalue weighted by molar-refractivity contribution is -0.522. The first-order valence-corrected chi connectivity index (χ1v) is 10.6. The molecule has 3 aliphatic heterocycles. The molecule has 0 aromatic heterocycles. The number of aliphatic hydroxyl groups is 1. The summed E-state index contributed by atoms with van der Waals surface area (Å²) >= 11 is 0. The number of hydrogen-bond acceptors (Lipinski definition) is 6.